The quantitative estimate of drug-likeness (QED) is 0.170. The van der Waals surface area contributed by atoms with Crippen molar-refractivity contribution in [1.82, 2.24) is 5.32 Å². The SMILES string of the molecule is CCCCN(CCCC)c1cccc(CCCc2ccc3c(c2)Nc2c(cc(C(=O)NC)cc2C(=O)O)O3)c1. The van der Waals surface area contributed by atoms with Crippen LogP contribution in [0, 0.1) is 0 Å². The van der Waals surface area contributed by atoms with E-state index in [0.717, 1.165) is 43.6 Å². The zero-order chi connectivity index (χ0) is 27.8. The highest BCUT2D eigenvalue weighted by atomic mass is 16.5. The molecule has 7 nitrogen and oxygen atoms in total. The van der Waals surface area contributed by atoms with Gasteiger partial charge in [0.25, 0.3) is 5.91 Å². The molecule has 0 bridgehead atoms. The number of hydrogen-bond acceptors (Lipinski definition) is 5. The average Bonchev–Trinajstić information content (AvgIpc) is 2.95. The fraction of sp³-hybridized carbons (Fsp3) is 0.375. The molecule has 0 atom stereocenters. The third-order valence-electron chi connectivity index (χ3n) is 7.12. The Hall–Kier alpha value is -4.00. The summed E-state index contributed by atoms with van der Waals surface area (Å²) in [6.07, 6.45) is 7.68. The highest BCUT2D eigenvalue weighted by Gasteiger charge is 2.25. The number of anilines is 3. The van der Waals surface area contributed by atoms with Crippen LogP contribution < -0.4 is 20.3 Å². The minimum atomic E-state index is -1.13. The molecule has 3 N–H and O–H groups in total. The molecule has 4 rings (SSSR count). The van der Waals surface area contributed by atoms with Crippen molar-refractivity contribution in [3.05, 3.63) is 76.9 Å². The van der Waals surface area contributed by atoms with E-state index in [0.29, 0.717) is 17.2 Å². The summed E-state index contributed by atoms with van der Waals surface area (Å²) in [5.74, 6) is -0.577. The fourth-order valence-corrected chi connectivity index (χ4v) is 4.91. The zero-order valence-corrected chi connectivity index (χ0v) is 23.2. The summed E-state index contributed by atoms with van der Waals surface area (Å²) in [7, 11) is 1.50. The largest absolute Gasteiger partial charge is 0.478 e. The van der Waals surface area contributed by atoms with Crippen molar-refractivity contribution in [1.29, 1.82) is 0 Å². The fourth-order valence-electron chi connectivity index (χ4n) is 4.91. The van der Waals surface area contributed by atoms with Gasteiger partial charge in [-0.3, -0.25) is 4.79 Å². The van der Waals surface area contributed by atoms with E-state index in [1.54, 1.807) is 6.07 Å². The molecule has 3 aromatic rings. The maximum Gasteiger partial charge on any atom is 0.337 e. The Bertz CT molecular complexity index is 1310. The molecule has 1 heterocycles. The second kappa shape index (κ2) is 13.2. The summed E-state index contributed by atoms with van der Waals surface area (Å²) < 4.78 is 6.01. The van der Waals surface area contributed by atoms with Crippen LogP contribution in [-0.4, -0.2) is 37.1 Å². The van der Waals surface area contributed by atoms with Crippen molar-refractivity contribution in [3.63, 3.8) is 0 Å². The first-order valence-electron chi connectivity index (χ1n) is 14.0. The second-order valence-electron chi connectivity index (χ2n) is 10.1. The Balaban J connectivity index is 1.43. The number of carboxylic acids is 1. The number of benzene rings is 3. The molecule has 206 valence electrons. The molecule has 1 amide bonds. The molecule has 0 unspecified atom stereocenters. The van der Waals surface area contributed by atoms with E-state index in [1.807, 2.05) is 18.2 Å². The van der Waals surface area contributed by atoms with Gasteiger partial charge in [0.15, 0.2) is 11.5 Å². The van der Waals surface area contributed by atoms with Gasteiger partial charge < -0.3 is 25.4 Å². The Kier molecular flexibility index (Phi) is 9.47. The van der Waals surface area contributed by atoms with Crippen molar-refractivity contribution in [2.24, 2.45) is 0 Å². The smallest absolute Gasteiger partial charge is 0.337 e. The molecule has 0 aliphatic carbocycles. The van der Waals surface area contributed by atoms with Gasteiger partial charge in [0.05, 0.1) is 16.9 Å². The van der Waals surface area contributed by atoms with Gasteiger partial charge in [0.1, 0.15) is 0 Å². The van der Waals surface area contributed by atoms with Gasteiger partial charge in [-0.25, -0.2) is 4.79 Å². The Morgan fingerprint density at radius 1 is 0.897 bits per heavy atom. The van der Waals surface area contributed by atoms with Gasteiger partial charge in [-0.15, -0.1) is 0 Å². The third-order valence-corrected chi connectivity index (χ3v) is 7.12. The predicted octanol–water partition coefficient (Wildman–Crippen LogP) is 7.18. The summed E-state index contributed by atoms with van der Waals surface area (Å²) in [6, 6.07) is 17.8. The molecule has 39 heavy (non-hydrogen) atoms. The number of carbonyl (C=O) groups is 2. The molecule has 0 spiro atoms. The van der Waals surface area contributed by atoms with Crippen molar-refractivity contribution in [2.75, 3.05) is 30.4 Å². The summed E-state index contributed by atoms with van der Waals surface area (Å²) in [5, 5.41) is 15.5. The van der Waals surface area contributed by atoms with Crippen molar-refractivity contribution < 1.29 is 19.4 Å². The van der Waals surface area contributed by atoms with Crippen LogP contribution in [0.25, 0.3) is 0 Å². The first-order valence-corrected chi connectivity index (χ1v) is 14.0. The van der Waals surface area contributed by atoms with Crippen molar-refractivity contribution in [2.45, 2.75) is 58.8 Å². The van der Waals surface area contributed by atoms with Crippen molar-refractivity contribution in [3.8, 4) is 11.5 Å². The van der Waals surface area contributed by atoms with Gasteiger partial charge in [0.2, 0.25) is 0 Å². The minimum Gasteiger partial charge on any atom is -0.478 e. The number of ether oxygens (including phenoxy) is 1. The first kappa shape index (κ1) is 28.0. The molecule has 0 saturated heterocycles. The number of unbranched alkanes of at least 4 members (excludes halogenated alkanes) is 2. The summed E-state index contributed by atoms with van der Waals surface area (Å²) >= 11 is 0. The van der Waals surface area contributed by atoms with E-state index < -0.39 is 5.97 Å². The number of carbonyl (C=O) groups excluding carboxylic acids is 1. The van der Waals surface area contributed by atoms with Crippen LogP contribution >= 0.6 is 0 Å². The van der Waals surface area contributed by atoms with Crippen LogP contribution in [0.4, 0.5) is 17.1 Å². The predicted molar refractivity (Wildman–Crippen MR) is 157 cm³/mol. The third kappa shape index (κ3) is 6.91. The molecule has 0 fully saturated rings. The summed E-state index contributed by atoms with van der Waals surface area (Å²) in [4.78, 5) is 26.6. The van der Waals surface area contributed by atoms with Gasteiger partial charge in [-0.2, -0.15) is 0 Å². The molecule has 0 saturated carbocycles. The number of aryl methyl sites for hydroxylation is 2. The lowest BCUT2D eigenvalue weighted by atomic mass is 10.0. The van der Waals surface area contributed by atoms with Gasteiger partial charge in [0, 0.05) is 31.4 Å². The van der Waals surface area contributed by atoms with E-state index in [-0.39, 0.29) is 17.0 Å². The van der Waals surface area contributed by atoms with Crippen LogP contribution in [-0.2, 0) is 12.8 Å². The number of fused-ring (bicyclic) bond motifs is 2. The van der Waals surface area contributed by atoms with E-state index in [9.17, 15) is 14.7 Å². The van der Waals surface area contributed by atoms with E-state index in [2.05, 4.69) is 53.6 Å². The number of nitrogens with zero attached hydrogens (tertiary/aromatic N) is 1. The lowest BCUT2D eigenvalue weighted by Crippen LogP contribution is -2.25. The van der Waals surface area contributed by atoms with E-state index in [1.165, 1.54) is 50.0 Å². The standard InChI is InChI=1S/C32H39N3O4/c1-4-6-16-35(17-7-5-2)25-13-9-12-22(18-25)10-8-11-23-14-15-28-27(19-23)34-30-26(32(37)38)20-24(31(36)33-3)21-29(30)39-28/h9,12-15,18-21,34H,4-8,10-11,16-17H2,1-3H3,(H,33,36)(H,37,38). The molecule has 3 aromatic carbocycles. The lowest BCUT2D eigenvalue weighted by Gasteiger charge is -2.25. The second-order valence-corrected chi connectivity index (χ2v) is 10.1. The molecule has 0 aromatic heterocycles. The normalized spacial score (nSPS) is 11.6. The number of aromatic carboxylic acids is 1. The molecular weight excluding hydrogens is 490 g/mol. The number of amides is 1. The Morgan fingerprint density at radius 2 is 1.62 bits per heavy atom. The van der Waals surface area contributed by atoms with Crippen molar-refractivity contribution >= 4 is 28.9 Å². The van der Waals surface area contributed by atoms with Crippen LogP contribution in [0.5, 0.6) is 11.5 Å². The van der Waals surface area contributed by atoms with Crippen LogP contribution in [0.3, 0.4) is 0 Å². The average molecular weight is 530 g/mol. The van der Waals surface area contributed by atoms with Crippen LogP contribution in [0.1, 0.15) is 77.8 Å². The maximum absolute atomic E-state index is 12.1. The zero-order valence-electron chi connectivity index (χ0n) is 23.2. The Labute approximate surface area is 231 Å². The van der Waals surface area contributed by atoms with Gasteiger partial charge in [-0.05, 0) is 79.6 Å². The van der Waals surface area contributed by atoms with E-state index >= 15 is 0 Å². The number of nitrogens with one attached hydrogen (secondary N) is 2. The molecule has 0 radical (unpaired) electrons. The van der Waals surface area contributed by atoms with Gasteiger partial charge in [-0.1, -0.05) is 44.9 Å². The van der Waals surface area contributed by atoms with Crippen LogP contribution in [0.15, 0.2) is 54.6 Å². The summed E-state index contributed by atoms with van der Waals surface area (Å²) in [5.41, 5.74) is 5.11. The minimum absolute atomic E-state index is 0.00560. The Morgan fingerprint density at radius 3 is 2.28 bits per heavy atom. The van der Waals surface area contributed by atoms with E-state index in [4.69, 9.17) is 4.74 Å². The summed E-state index contributed by atoms with van der Waals surface area (Å²) in [6.45, 7) is 6.68. The molecular formula is C32H39N3O4. The highest BCUT2D eigenvalue weighted by molar-refractivity contribution is 6.03. The first-order chi connectivity index (χ1) is 18.9. The van der Waals surface area contributed by atoms with Crippen LogP contribution in [0.2, 0.25) is 0 Å². The molecule has 1 aliphatic rings. The monoisotopic (exact) mass is 529 g/mol. The number of carboxylic acid groups (broad SMARTS) is 1. The molecule has 7 heteroatoms. The maximum atomic E-state index is 12.1. The highest BCUT2D eigenvalue weighted by Crippen LogP contribution is 2.44. The molecule has 1 aliphatic heterocycles. The number of rotatable bonds is 13. The van der Waals surface area contributed by atoms with Gasteiger partial charge >= 0.3 is 5.97 Å². The number of hydrogen-bond donors (Lipinski definition) is 3. The topological polar surface area (TPSA) is 90.9 Å². The lowest BCUT2D eigenvalue weighted by molar-refractivity contribution is 0.0697.